The first kappa shape index (κ1) is 19.8. The van der Waals surface area contributed by atoms with Crippen LogP contribution in [0.1, 0.15) is 22.3 Å². The summed E-state index contributed by atoms with van der Waals surface area (Å²) in [7, 11) is 0. The van der Waals surface area contributed by atoms with Gasteiger partial charge < -0.3 is 9.84 Å². The van der Waals surface area contributed by atoms with Crippen LogP contribution in [0.25, 0.3) is 0 Å². The van der Waals surface area contributed by atoms with E-state index in [4.69, 9.17) is 4.74 Å². The molecule has 150 valence electrons. The molecule has 2 unspecified atom stereocenters. The number of aliphatic hydroxyl groups is 1. The Morgan fingerprint density at radius 1 is 0.931 bits per heavy atom. The number of hydrogen-bond donors (Lipinski definition) is 1. The summed E-state index contributed by atoms with van der Waals surface area (Å²) in [6, 6.07) is 29.3. The van der Waals surface area contributed by atoms with Crippen LogP contribution in [0.15, 0.2) is 84.9 Å². The Morgan fingerprint density at radius 3 is 2.28 bits per heavy atom. The molecule has 0 saturated carbocycles. The number of hydrogen-bond acceptors (Lipinski definition) is 3. The lowest BCUT2D eigenvalue weighted by Gasteiger charge is -2.45. The fraction of sp³-hybridized carbons (Fsp3) is 0.308. The van der Waals surface area contributed by atoms with E-state index in [2.05, 4.69) is 78.6 Å². The van der Waals surface area contributed by atoms with Gasteiger partial charge in [-0.1, -0.05) is 84.9 Å². The molecule has 1 fully saturated rings. The minimum absolute atomic E-state index is 0.00566. The lowest BCUT2D eigenvalue weighted by atomic mass is 9.69. The van der Waals surface area contributed by atoms with Crippen LogP contribution < -0.4 is 0 Å². The quantitative estimate of drug-likeness (QED) is 0.689. The van der Waals surface area contributed by atoms with Crippen molar-refractivity contribution in [2.24, 2.45) is 0 Å². The van der Waals surface area contributed by atoms with Crippen LogP contribution in [0, 0.1) is 6.92 Å². The molecule has 4 rings (SSSR count). The van der Waals surface area contributed by atoms with Crippen molar-refractivity contribution in [1.82, 2.24) is 4.90 Å². The summed E-state index contributed by atoms with van der Waals surface area (Å²) in [5, 5.41) is 10.8. The van der Waals surface area contributed by atoms with Crippen molar-refractivity contribution in [2.75, 3.05) is 26.3 Å². The predicted octanol–water partition coefficient (Wildman–Crippen LogP) is 4.17. The van der Waals surface area contributed by atoms with E-state index in [0.29, 0.717) is 6.61 Å². The zero-order chi connectivity index (χ0) is 20.1. The molecule has 0 aliphatic carbocycles. The van der Waals surface area contributed by atoms with Gasteiger partial charge in [0.1, 0.15) is 0 Å². The van der Waals surface area contributed by atoms with E-state index in [-0.39, 0.29) is 12.7 Å². The van der Waals surface area contributed by atoms with Gasteiger partial charge in [0, 0.05) is 19.6 Å². The topological polar surface area (TPSA) is 32.7 Å². The number of nitrogens with zero attached hydrogens (tertiary/aromatic N) is 1. The van der Waals surface area contributed by atoms with E-state index in [1.165, 1.54) is 11.1 Å². The van der Waals surface area contributed by atoms with Crippen molar-refractivity contribution < 1.29 is 9.84 Å². The van der Waals surface area contributed by atoms with Crippen LogP contribution in [-0.2, 0) is 16.7 Å². The van der Waals surface area contributed by atoms with Gasteiger partial charge in [0.05, 0.1) is 24.7 Å². The van der Waals surface area contributed by atoms with E-state index in [0.717, 1.165) is 30.8 Å². The highest BCUT2D eigenvalue weighted by molar-refractivity contribution is 5.45. The smallest absolute Gasteiger partial charge is 0.0862 e. The summed E-state index contributed by atoms with van der Waals surface area (Å²) in [4.78, 5) is 2.44. The normalized spacial score (nSPS) is 19.6. The molecule has 2 atom stereocenters. The second-order valence-electron chi connectivity index (χ2n) is 7.89. The summed E-state index contributed by atoms with van der Waals surface area (Å²) in [5.41, 5.74) is 4.12. The first-order valence-electron chi connectivity index (χ1n) is 10.3. The van der Waals surface area contributed by atoms with Crippen molar-refractivity contribution in [3.8, 4) is 0 Å². The van der Waals surface area contributed by atoms with E-state index in [1.807, 2.05) is 18.2 Å². The van der Waals surface area contributed by atoms with Crippen LogP contribution in [0.2, 0.25) is 0 Å². The molecule has 1 N–H and O–H groups in total. The van der Waals surface area contributed by atoms with Crippen molar-refractivity contribution in [3.63, 3.8) is 0 Å². The first-order valence-corrected chi connectivity index (χ1v) is 10.3. The van der Waals surface area contributed by atoms with Crippen LogP contribution >= 0.6 is 0 Å². The van der Waals surface area contributed by atoms with Crippen LogP contribution in [0.3, 0.4) is 0 Å². The molecule has 0 spiro atoms. The Morgan fingerprint density at radius 2 is 1.59 bits per heavy atom. The molecule has 3 aromatic carbocycles. The fourth-order valence-corrected chi connectivity index (χ4v) is 4.59. The Bertz CT molecular complexity index is 912. The lowest BCUT2D eigenvalue weighted by Crippen LogP contribution is -2.55. The molecule has 0 amide bonds. The molecule has 3 heteroatoms. The first-order chi connectivity index (χ1) is 14.2. The minimum Gasteiger partial charge on any atom is -0.395 e. The fourth-order valence-electron chi connectivity index (χ4n) is 4.59. The average Bonchev–Trinajstić information content (AvgIpc) is 2.78. The lowest BCUT2D eigenvalue weighted by molar-refractivity contribution is -0.0734. The largest absolute Gasteiger partial charge is 0.395 e. The molecule has 0 bridgehead atoms. The molecule has 1 heterocycles. The van der Waals surface area contributed by atoms with Crippen molar-refractivity contribution >= 4 is 0 Å². The number of rotatable bonds is 6. The Kier molecular flexibility index (Phi) is 6.10. The molecular formula is C26H29NO2. The second kappa shape index (κ2) is 8.91. The molecule has 3 nitrogen and oxygen atoms in total. The molecular weight excluding hydrogens is 358 g/mol. The Labute approximate surface area is 173 Å². The van der Waals surface area contributed by atoms with Gasteiger partial charge in [-0.05, 0) is 29.2 Å². The number of ether oxygens (including phenoxy) is 1. The maximum absolute atomic E-state index is 10.8. The summed E-state index contributed by atoms with van der Waals surface area (Å²) in [5.74, 6) is 0. The zero-order valence-corrected chi connectivity index (χ0v) is 17.0. The van der Waals surface area contributed by atoms with E-state index in [9.17, 15) is 5.11 Å². The van der Waals surface area contributed by atoms with Crippen LogP contribution in [-0.4, -0.2) is 42.4 Å². The standard InChI is InChI=1S/C26H29NO2/c1-21-10-8-9-15-24(21)26(20-28,23-13-6-3-7-14-23)25-19-27(16-17-29-25)18-22-11-4-2-5-12-22/h2-15,25,28H,16-20H2,1H3. The summed E-state index contributed by atoms with van der Waals surface area (Å²) in [6.07, 6.45) is -0.131. The Balaban J connectivity index is 1.72. The summed E-state index contributed by atoms with van der Waals surface area (Å²) < 4.78 is 6.36. The van der Waals surface area contributed by atoms with Crippen LogP contribution in [0.5, 0.6) is 0 Å². The predicted molar refractivity (Wildman–Crippen MR) is 117 cm³/mol. The third-order valence-electron chi connectivity index (χ3n) is 6.11. The number of aliphatic hydroxyl groups excluding tert-OH is 1. The van der Waals surface area contributed by atoms with Gasteiger partial charge in [0.25, 0.3) is 0 Å². The van der Waals surface area contributed by atoms with Gasteiger partial charge in [-0.2, -0.15) is 0 Å². The second-order valence-corrected chi connectivity index (χ2v) is 7.89. The number of aryl methyl sites for hydroxylation is 1. The minimum atomic E-state index is -0.595. The molecule has 1 aliphatic heterocycles. The third kappa shape index (κ3) is 3.99. The van der Waals surface area contributed by atoms with E-state index >= 15 is 0 Å². The number of benzene rings is 3. The maximum Gasteiger partial charge on any atom is 0.0862 e. The van der Waals surface area contributed by atoms with E-state index in [1.54, 1.807) is 0 Å². The van der Waals surface area contributed by atoms with Gasteiger partial charge in [-0.25, -0.2) is 0 Å². The molecule has 1 aliphatic rings. The maximum atomic E-state index is 10.8. The van der Waals surface area contributed by atoms with Gasteiger partial charge >= 0.3 is 0 Å². The zero-order valence-electron chi connectivity index (χ0n) is 17.0. The average molecular weight is 388 g/mol. The van der Waals surface area contributed by atoms with E-state index < -0.39 is 5.41 Å². The van der Waals surface area contributed by atoms with Gasteiger partial charge in [0.2, 0.25) is 0 Å². The molecule has 29 heavy (non-hydrogen) atoms. The summed E-state index contributed by atoms with van der Waals surface area (Å²) in [6.45, 7) is 5.36. The SMILES string of the molecule is Cc1ccccc1C(CO)(c1ccccc1)C1CN(Cc2ccccc2)CCO1. The highest BCUT2D eigenvalue weighted by Crippen LogP contribution is 2.40. The van der Waals surface area contributed by atoms with Crippen LogP contribution in [0.4, 0.5) is 0 Å². The molecule has 1 saturated heterocycles. The highest BCUT2D eigenvalue weighted by Gasteiger charge is 2.45. The van der Waals surface area contributed by atoms with Crippen molar-refractivity contribution in [1.29, 1.82) is 0 Å². The van der Waals surface area contributed by atoms with Gasteiger partial charge in [-0.3, -0.25) is 4.90 Å². The highest BCUT2D eigenvalue weighted by atomic mass is 16.5. The molecule has 0 aromatic heterocycles. The third-order valence-corrected chi connectivity index (χ3v) is 6.11. The number of morpholine rings is 1. The molecule has 3 aromatic rings. The van der Waals surface area contributed by atoms with Gasteiger partial charge in [0.15, 0.2) is 0 Å². The summed E-state index contributed by atoms with van der Waals surface area (Å²) >= 11 is 0. The monoisotopic (exact) mass is 387 g/mol. The van der Waals surface area contributed by atoms with Crippen molar-refractivity contribution in [2.45, 2.75) is 25.0 Å². The Hall–Kier alpha value is -2.46. The van der Waals surface area contributed by atoms with Crippen molar-refractivity contribution in [3.05, 3.63) is 107 Å². The molecule has 0 radical (unpaired) electrons. The van der Waals surface area contributed by atoms with Gasteiger partial charge in [-0.15, -0.1) is 0 Å².